The molecule has 110 valence electrons. The summed E-state index contributed by atoms with van der Waals surface area (Å²) in [4.78, 5) is 0.725. The first-order valence-corrected chi connectivity index (χ1v) is 9.72. The molecule has 2 heterocycles. The zero-order valence-corrected chi connectivity index (χ0v) is 15.0. The van der Waals surface area contributed by atoms with Gasteiger partial charge >= 0.3 is 0 Å². The van der Waals surface area contributed by atoms with Crippen molar-refractivity contribution in [2.24, 2.45) is 0 Å². The standard InChI is InChI=1S/C12H14BrNO3S3/c1-8-6-18-10(5-15)12(8)20(16,17)14(2)4-9-3-11(13)19-7-9/h3,6-7,15H,4-5H2,1-2H3. The lowest BCUT2D eigenvalue weighted by Gasteiger charge is -2.17. The van der Waals surface area contributed by atoms with Crippen molar-refractivity contribution < 1.29 is 13.5 Å². The molecule has 0 amide bonds. The van der Waals surface area contributed by atoms with Crippen LogP contribution in [-0.2, 0) is 23.2 Å². The maximum atomic E-state index is 12.6. The first-order valence-electron chi connectivity index (χ1n) is 5.73. The molecule has 0 aliphatic rings. The number of thiophene rings is 2. The highest BCUT2D eigenvalue weighted by atomic mass is 79.9. The Balaban J connectivity index is 2.32. The smallest absolute Gasteiger partial charge is 0.244 e. The van der Waals surface area contributed by atoms with Gasteiger partial charge in [-0.15, -0.1) is 22.7 Å². The molecule has 0 atom stereocenters. The van der Waals surface area contributed by atoms with Crippen molar-refractivity contribution >= 4 is 48.6 Å². The number of hydrogen-bond donors (Lipinski definition) is 1. The minimum Gasteiger partial charge on any atom is -0.391 e. The molecule has 8 heteroatoms. The number of halogens is 1. The van der Waals surface area contributed by atoms with Crippen LogP contribution in [0.25, 0.3) is 0 Å². The predicted octanol–water partition coefficient (Wildman–Crippen LogP) is 3.19. The summed E-state index contributed by atoms with van der Waals surface area (Å²) in [6.45, 7) is 1.80. The molecule has 20 heavy (non-hydrogen) atoms. The Labute approximate surface area is 134 Å². The van der Waals surface area contributed by atoms with Crippen LogP contribution in [0.2, 0.25) is 0 Å². The van der Waals surface area contributed by atoms with Gasteiger partial charge in [-0.25, -0.2) is 8.42 Å². The molecular formula is C12H14BrNO3S3. The third kappa shape index (κ3) is 3.15. The van der Waals surface area contributed by atoms with Crippen LogP contribution in [0.3, 0.4) is 0 Å². The lowest BCUT2D eigenvalue weighted by Crippen LogP contribution is -2.27. The van der Waals surface area contributed by atoms with Gasteiger partial charge in [0.15, 0.2) is 0 Å². The van der Waals surface area contributed by atoms with Crippen molar-refractivity contribution in [3.05, 3.63) is 36.6 Å². The monoisotopic (exact) mass is 395 g/mol. The van der Waals surface area contributed by atoms with Crippen LogP contribution >= 0.6 is 38.6 Å². The van der Waals surface area contributed by atoms with Gasteiger partial charge in [0, 0.05) is 13.6 Å². The minimum absolute atomic E-state index is 0.238. The van der Waals surface area contributed by atoms with Gasteiger partial charge < -0.3 is 5.11 Å². The van der Waals surface area contributed by atoms with Crippen molar-refractivity contribution in [2.45, 2.75) is 25.0 Å². The van der Waals surface area contributed by atoms with Gasteiger partial charge in [0.2, 0.25) is 10.0 Å². The first-order chi connectivity index (χ1) is 9.36. The second-order valence-corrected chi connectivity index (χ2v) is 9.59. The summed E-state index contributed by atoms with van der Waals surface area (Å²) < 4.78 is 27.5. The van der Waals surface area contributed by atoms with E-state index < -0.39 is 10.0 Å². The Hall–Kier alpha value is -0.250. The summed E-state index contributed by atoms with van der Waals surface area (Å²) in [5.41, 5.74) is 1.61. The third-order valence-electron chi connectivity index (χ3n) is 2.83. The SMILES string of the molecule is Cc1csc(CO)c1S(=O)(=O)N(C)Cc1csc(Br)c1. The molecule has 0 bridgehead atoms. The number of aliphatic hydroxyl groups excluding tert-OH is 1. The first kappa shape index (κ1) is 16.1. The maximum Gasteiger partial charge on any atom is 0.244 e. The molecule has 0 aliphatic carbocycles. The Morgan fingerprint density at radius 1 is 1.35 bits per heavy atom. The maximum absolute atomic E-state index is 12.6. The van der Waals surface area contributed by atoms with Crippen LogP contribution in [0.1, 0.15) is 16.0 Å². The van der Waals surface area contributed by atoms with Gasteiger partial charge in [0.1, 0.15) is 4.90 Å². The van der Waals surface area contributed by atoms with Crippen molar-refractivity contribution in [3.8, 4) is 0 Å². The number of aliphatic hydroxyl groups is 1. The van der Waals surface area contributed by atoms with E-state index in [2.05, 4.69) is 15.9 Å². The summed E-state index contributed by atoms with van der Waals surface area (Å²) in [5, 5.41) is 13.0. The van der Waals surface area contributed by atoms with E-state index in [-0.39, 0.29) is 11.5 Å². The molecule has 0 radical (unpaired) electrons. The molecule has 0 saturated heterocycles. The molecule has 0 unspecified atom stereocenters. The number of nitrogens with zero attached hydrogens (tertiary/aromatic N) is 1. The fraction of sp³-hybridized carbons (Fsp3) is 0.333. The summed E-state index contributed by atoms with van der Waals surface area (Å²) >= 11 is 6.16. The van der Waals surface area contributed by atoms with Gasteiger partial charge in [-0.05, 0) is 50.8 Å². The molecule has 2 aromatic heterocycles. The van der Waals surface area contributed by atoms with E-state index in [9.17, 15) is 13.5 Å². The summed E-state index contributed by atoms with van der Waals surface area (Å²) in [7, 11) is -2.03. The summed E-state index contributed by atoms with van der Waals surface area (Å²) in [6, 6.07) is 1.91. The topological polar surface area (TPSA) is 57.6 Å². The molecular weight excluding hydrogens is 382 g/mol. The molecule has 4 nitrogen and oxygen atoms in total. The van der Waals surface area contributed by atoms with Crippen LogP contribution in [0.4, 0.5) is 0 Å². The Bertz CT molecular complexity index is 705. The molecule has 0 aliphatic heterocycles. The van der Waals surface area contributed by atoms with E-state index in [0.717, 1.165) is 9.35 Å². The molecule has 1 N–H and O–H groups in total. The van der Waals surface area contributed by atoms with Crippen LogP contribution in [0, 0.1) is 6.92 Å². The summed E-state index contributed by atoms with van der Waals surface area (Å²) in [5.74, 6) is 0. The van der Waals surface area contributed by atoms with E-state index in [4.69, 9.17) is 0 Å². The lowest BCUT2D eigenvalue weighted by atomic mass is 10.3. The van der Waals surface area contributed by atoms with Crippen LogP contribution in [0.15, 0.2) is 25.5 Å². The van der Waals surface area contributed by atoms with Crippen LogP contribution in [0.5, 0.6) is 0 Å². The minimum atomic E-state index is -3.58. The Kier molecular flexibility index (Phi) is 5.04. The number of hydrogen-bond acceptors (Lipinski definition) is 5. The predicted molar refractivity (Wildman–Crippen MR) is 85.7 cm³/mol. The normalized spacial score (nSPS) is 12.2. The number of rotatable bonds is 5. The Morgan fingerprint density at radius 2 is 2.05 bits per heavy atom. The van der Waals surface area contributed by atoms with E-state index in [1.54, 1.807) is 19.4 Å². The highest BCUT2D eigenvalue weighted by Gasteiger charge is 2.27. The highest BCUT2D eigenvalue weighted by Crippen LogP contribution is 2.30. The Morgan fingerprint density at radius 3 is 2.60 bits per heavy atom. The fourth-order valence-electron chi connectivity index (χ4n) is 1.87. The second kappa shape index (κ2) is 6.25. The zero-order valence-electron chi connectivity index (χ0n) is 11.0. The van der Waals surface area contributed by atoms with E-state index in [0.29, 0.717) is 17.0 Å². The van der Waals surface area contributed by atoms with Crippen LogP contribution in [-0.4, -0.2) is 24.9 Å². The largest absolute Gasteiger partial charge is 0.391 e. The van der Waals surface area contributed by atoms with Gasteiger partial charge in [0.25, 0.3) is 0 Å². The van der Waals surface area contributed by atoms with Crippen LogP contribution < -0.4 is 0 Å². The van der Waals surface area contributed by atoms with E-state index >= 15 is 0 Å². The average molecular weight is 396 g/mol. The number of aryl methyl sites for hydroxylation is 1. The molecule has 0 spiro atoms. The quantitative estimate of drug-likeness (QED) is 0.845. The number of sulfonamides is 1. The van der Waals surface area contributed by atoms with Crippen molar-refractivity contribution in [1.29, 1.82) is 0 Å². The van der Waals surface area contributed by atoms with Crippen molar-refractivity contribution in [2.75, 3.05) is 7.05 Å². The zero-order chi connectivity index (χ0) is 14.9. The molecule has 2 rings (SSSR count). The highest BCUT2D eigenvalue weighted by molar-refractivity contribution is 9.11. The van der Waals surface area contributed by atoms with Crippen molar-refractivity contribution in [1.82, 2.24) is 4.31 Å². The van der Waals surface area contributed by atoms with E-state index in [1.807, 2.05) is 11.4 Å². The molecule has 0 saturated carbocycles. The van der Waals surface area contributed by atoms with E-state index in [1.165, 1.54) is 27.0 Å². The summed E-state index contributed by atoms with van der Waals surface area (Å²) in [6.07, 6.45) is 0. The average Bonchev–Trinajstić information content (AvgIpc) is 2.95. The molecule has 0 fully saturated rings. The van der Waals surface area contributed by atoms with Gasteiger partial charge in [-0.1, -0.05) is 0 Å². The molecule has 2 aromatic rings. The third-order valence-corrected chi connectivity index (χ3v) is 7.63. The molecule has 0 aromatic carbocycles. The van der Waals surface area contributed by atoms with Gasteiger partial charge in [0.05, 0.1) is 15.3 Å². The van der Waals surface area contributed by atoms with Gasteiger partial charge in [-0.3, -0.25) is 0 Å². The lowest BCUT2D eigenvalue weighted by molar-refractivity contribution is 0.282. The fourth-order valence-corrected chi connectivity index (χ4v) is 5.83. The van der Waals surface area contributed by atoms with Gasteiger partial charge in [-0.2, -0.15) is 4.31 Å². The van der Waals surface area contributed by atoms with Crippen molar-refractivity contribution in [3.63, 3.8) is 0 Å². The second-order valence-electron chi connectivity index (χ2n) is 4.35.